The number of hydrogen-bond acceptors (Lipinski definition) is 3. The van der Waals surface area contributed by atoms with Gasteiger partial charge >= 0.3 is 19.7 Å². The third-order valence-electron chi connectivity index (χ3n) is 4.04. The smallest absolute Gasteiger partial charge is 0.316 e. The molecule has 1 atom stereocenters. The minimum absolute atomic E-state index is 0.0489. The third kappa shape index (κ3) is 3.57. The van der Waals surface area contributed by atoms with Crippen LogP contribution in [0.1, 0.15) is 16.9 Å². The number of aryl methyl sites for hydroxylation is 1. The molecule has 1 unspecified atom stereocenters. The number of benzene rings is 1. The standard InChI is InChI=1S/C15H15BF3N2O3/c1-9-2-3-11(6-12(9)13-8-23-24-16-13)20-14(22)21-5-4-10(7-21)15(17,18)19/h2-4,6,13H,5,7-8H2,1H3,(H,20,22). The number of nitrogens with zero attached hydrogens (tertiary/aromatic N) is 1. The van der Waals surface area contributed by atoms with Crippen LogP contribution in [0.2, 0.25) is 0 Å². The number of halogens is 3. The Morgan fingerprint density at radius 1 is 1.42 bits per heavy atom. The maximum Gasteiger partial charge on any atom is 0.414 e. The van der Waals surface area contributed by atoms with Gasteiger partial charge in [0.15, 0.2) is 0 Å². The summed E-state index contributed by atoms with van der Waals surface area (Å²) < 4.78 is 37.9. The Balaban J connectivity index is 1.66. The van der Waals surface area contributed by atoms with Crippen LogP contribution >= 0.6 is 0 Å². The van der Waals surface area contributed by atoms with E-state index in [0.29, 0.717) is 12.3 Å². The van der Waals surface area contributed by atoms with Crippen LogP contribution in [0.4, 0.5) is 23.7 Å². The molecule has 9 heteroatoms. The van der Waals surface area contributed by atoms with Crippen molar-refractivity contribution >= 4 is 19.2 Å². The third-order valence-corrected chi connectivity index (χ3v) is 4.04. The molecule has 1 fully saturated rings. The van der Waals surface area contributed by atoms with Gasteiger partial charge in [0.05, 0.1) is 18.7 Å². The molecule has 0 aromatic heterocycles. The molecule has 127 valence electrons. The summed E-state index contributed by atoms with van der Waals surface area (Å²) in [6.07, 6.45) is -3.37. The van der Waals surface area contributed by atoms with Crippen molar-refractivity contribution in [3.8, 4) is 0 Å². The zero-order valence-electron chi connectivity index (χ0n) is 12.9. The van der Waals surface area contributed by atoms with Gasteiger partial charge in [-0.1, -0.05) is 12.1 Å². The maximum atomic E-state index is 12.6. The minimum atomic E-state index is -4.40. The molecule has 24 heavy (non-hydrogen) atoms. The SMILES string of the molecule is Cc1ccc(NC(=O)N2CC=C(C(F)(F)F)C2)cc1C1[B]OOC1. The highest BCUT2D eigenvalue weighted by Gasteiger charge is 2.38. The largest absolute Gasteiger partial charge is 0.414 e. The summed E-state index contributed by atoms with van der Waals surface area (Å²) in [5, 5.41) is 2.64. The Morgan fingerprint density at radius 2 is 2.21 bits per heavy atom. The quantitative estimate of drug-likeness (QED) is 0.512. The van der Waals surface area contributed by atoms with Crippen LogP contribution in [-0.2, 0) is 9.69 Å². The van der Waals surface area contributed by atoms with Crippen LogP contribution in [-0.4, -0.2) is 44.3 Å². The second-order valence-electron chi connectivity index (χ2n) is 5.73. The molecule has 2 amide bonds. The number of amides is 2. The predicted octanol–water partition coefficient (Wildman–Crippen LogP) is 2.95. The van der Waals surface area contributed by atoms with Crippen molar-refractivity contribution in [3.05, 3.63) is 41.0 Å². The van der Waals surface area contributed by atoms with Gasteiger partial charge in [0.2, 0.25) is 0 Å². The fourth-order valence-electron chi connectivity index (χ4n) is 2.66. The Kier molecular flexibility index (Phi) is 4.55. The van der Waals surface area contributed by atoms with Crippen molar-refractivity contribution in [3.63, 3.8) is 0 Å². The van der Waals surface area contributed by atoms with Gasteiger partial charge in [-0.25, -0.2) is 4.79 Å². The molecule has 2 aliphatic heterocycles. The van der Waals surface area contributed by atoms with Crippen LogP contribution in [0.25, 0.3) is 0 Å². The van der Waals surface area contributed by atoms with E-state index in [1.54, 1.807) is 19.6 Å². The fraction of sp³-hybridized carbons (Fsp3) is 0.400. The first kappa shape index (κ1) is 16.8. The van der Waals surface area contributed by atoms with Crippen molar-refractivity contribution < 1.29 is 27.7 Å². The Morgan fingerprint density at radius 3 is 2.83 bits per heavy atom. The first-order valence-corrected chi connectivity index (χ1v) is 7.39. The van der Waals surface area contributed by atoms with Crippen LogP contribution in [0.3, 0.4) is 0 Å². The van der Waals surface area contributed by atoms with E-state index in [1.807, 2.05) is 13.0 Å². The lowest BCUT2D eigenvalue weighted by atomic mass is 9.75. The molecule has 0 aliphatic carbocycles. The molecule has 0 bridgehead atoms. The number of carbonyl (C=O) groups excluding carboxylic acids is 1. The Labute approximate surface area is 137 Å². The Bertz CT molecular complexity index is 672. The van der Waals surface area contributed by atoms with Crippen LogP contribution in [0, 0.1) is 6.92 Å². The normalized spacial score (nSPS) is 20.8. The lowest BCUT2D eigenvalue weighted by molar-refractivity contribution is -0.183. The van der Waals surface area contributed by atoms with E-state index < -0.39 is 24.3 Å². The summed E-state index contributed by atoms with van der Waals surface area (Å²) >= 11 is 0. The average molecular weight is 339 g/mol. The highest BCUT2D eigenvalue weighted by molar-refractivity contribution is 6.30. The van der Waals surface area contributed by atoms with E-state index in [2.05, 4.69) is 5.32 Å². The fourth-order valence-corrected chi connectivity index (χ4v) is 2.66. The van der Waals surface area contributed by atoms with Gasteiger partial charge in [-0.2, -0.15) is 13.2 Å². The second kappa shape index (κ2) is 6.48. The Hall–Kier alpha value is -2.00. The van der Waals surface area contributed by atoms with Gasteiger partial charge in [-0.3, -0.25) is 4.89 Å². The van der Waals surface area contributed by atoms with Gasteiger partial charge in [0.25, 0.3) is 0 Å². The number of carbonyl (C=O) groups is 1. The first-order chi connectivity index (χ1) is 11.3. The van der Waals surface area contributed by atoms with Gasteiger partial charge in [0.1, 0.15) is 0 Å². The summed E-state index contributed by atoms with van der Waals surface area (Å²) in [4.78, 5) is 22.9. The maximum absolute atomic E-state index is 12.6. The van der Waals surface area contributed by atoms with Crippen LogP contribution in [0.15, 0.2) is 29.8 Å². The molecular weight excluding hydrogens is 324 g/mol. The molecule has 0 spiro atoms. The molecule has 1 saturated heterocycles. The molecular formula is C15H15BF3N2O3. The predicted molar refractivity (Wildman–Crippen MR) is 81.4 cm³/mol. The van der Waals surface area contributed by atoms with Crippen LogP contribution < -0.4 is 5.32 Å². The highest BCUT2D eigenvalue weighted by Crippen LogP contribution is 2.30. The topological polar surface area (TPSA) is 50.8 Å². The molecule has 1 radical (unpaired) electrons. The van der Waals surface area contributed by atoms with Crippen molar-refractivity contribution in [2.45, 2.75) is 18.9 Å². The average Bonchev–Trinajstić information content (AvgIpc) is 3.20. The van der Waals surface area contributed by atoms with Gasteiger partial charge < -0.3 is 15.0 Å². The number of alkyl halides is 3. The van der Waals surface area contributed by atoms with E-state index in [0.717, 1.165) is 22.1 Å². The molecule has 3 rings (SSSR count). The highest BCUT2D eigenvalue weighted by atomic mass is 19.4. The summed E-state index contributed by atoms with van der Waals surface area (Å²) in [5.41, 5.74) is 1.75. The number of nitrogens with one attached hydrogen (secondary N) is 1. The van der Waals surface area contributed by atoms with Gasteiger partial charge in [0, 0.05) is 18.0 Å². The van der Waals surface area contributed by atoms with E-state index >= 15 is 0 Å². The number of urea groups is 1. The zero-order valence-corrected chi connectivity index (χ0v) is 12.9. The van der Waals surface area contributed by atoms with E-state index in [1.165, 1.54) is 0 Å². The lowest BCUT2D eigenvalue weighted by Gasteiger charge is -2.19. The summed E-state index contributed by atoms with van der Waals surface area (Å²) in [6, 6.07) is 4.76. The molecule has 2 aliphatic rings. The second-order valence-corrected chi connectivity index (χ2v) is 5.73. The number of anilines is 1. The summed E-state index contributed by atoms with van der Waals surface area (Å²) in [7, 11) is 1.56. The monoisotopic (exact) mass is 339 g/mol. The molecule has 1 N–H and O–H groups in total. The number of rotatable bonds is 2. The first-order valence-electron chi connectivity index (χ1n) is 7.39. The lowest BCUT2D eigenvalue weighted by Crippen LogP contribution is -2.34. The molecule has 1 aromatic rings. The van der Waals surface area contributed by atoms with Gasteiger partial charge in [-0.05, 0) is 30.2 Å². The van der Waals surface area contributed by atoms with Crippen molar-refractivity contribution in [2.24, 2.45) is 0 Å². The summed E-state index contributed by atoms with van der Waals surface area (Å²) in [5.74, 6) is -0.0489. The minimum Gasteiger partial charge on any atom is -0.316 e. The van der Waals surface area contributed by atoms with Crippen molar-refractivity contribution in [1.29, 1.82) is 0 Å². The van der Waals surface area contributed by atoms with Crippen LogP contribution in [0.5, 0.6) is 0 Å². The molecule has 5 nitrogen and oxygen atoms in total. The van der Waals surface area contributed by atoms with Crippen molar-refractivity contribution in [1.82, 2.24) is 4.90 Å². The molecule has 1 aromatic carbocycles. The van der Waals surface area contributed by atoms with E-state index in [9.17, 15) is 18.0 Å². The zero-order chi connectivity index (χ0) is 17.3. The summed E-state index contributed by atoms with van der Waals surface area (Å²) in [6.45, 7) is 1.81. The number of hydrogen-bond donors (Lipinski definition) is 1. The van der Waals surface area contributed by atoms with E-state index in [-0.39, 0.29) is 12.4 Å². The molecule has 2 heterocycles. The van der Waals surface area contributed by atoms with Crippen molar-refractivity contribution in [2.75, 3.05) is 25.0 Å². The van der Waals surface area contributed by atoms with E-state index in [4.69, 9.17) is 9.69 Å². The van der Waals surface area contributed by atoms with Gasteiger partial charge in [-0.15, -0.1) is 0 Å². The molecule has 0 saturated carbocycles.